The van der Waals surface area contributed by atoms with E-state index in [-0.39, 0.29) is 12.0 Å². The highest BCUT2D eigenvalue weighted by Gasteiger charge is 2.30. The maximum absolute atomic E-state index is 11.6. The third kappa shape index (κ3) is 3.19. The summed E-state index contributed by atoms with van der Waals surface area (Å²) in [5.74, 6) is -0.281. The average molecular weight is 271 g/mol. The topological polar surface area (TPSA) is 51.7 Å². The number of ether oxygens (including phenoxy) is 2. The first-order valence-electron chi connectivity index (χ1n) is 5.71. The molecule has 0 aromatic carbocycles. The Balaban J connectivity index is 2.07. The Bertz CT molecular complexity index is 428. The number of nitrogens with zero attached hydrogens (tertiary/aromatic N) is 2. The summed E-state index contributed by atoms with van der Waals surface area (Å²) in [6.07, 6.45) is 1.66. The smallest absolute Gasteiger partial charge is 0.325 e. The molecule has 1 saturated heterocycles. The Kier molecular flexibility index (Phi) is 4.52. The van der Waals surface area contributed by atoms with Crippen molar-refractivity contribution in [2.75, 3.05) is 26.9 Å². The van der Waals surface area contributed by atoms with Crippen molar-refractivity contribution in [3.05, 3.63) is 29.0 Å². The lowest BCUT2D eigenvalue weighted by molar-refractivity contribution is -0.153. The van der Waals surface area contributed by atoms with E-state index < -0.39 is 0 Å². The van der Waals surface area contributed by atoms with Gasteiger partial charge in [0.05, 0.1) is 26.0 Å². The number of hydrogen-bond donors (Lipinski definition) is 0. The fourth-order valence-electron chi connectivity index (χ4n) is 1.92. The van der Waals surface area contributed by atoms with Crippen LogP contribution in [0.25, 0.3) is 0 Å². The third-order valence-electron chi connectivity index (χ3n) is 2.86. The van der Waals surface area contributed by atoms with Gasteiger partial charge in [-0.1, -0.05) is 11.6 Å². The second kappa shape index (κ2) is 6.13. The monoisotopic (exact) mass is 270 g/mol. The second-order valence-electron chi connectivity index (χ2n) is 4.05. The quantitative estimate of drug-likeness (QED) is 0.770. The van der Waals surface area contributed by atoms with Crippen molar-refractivity contribution in [3.8, 4) is 0 Å². The molecule has 98 valence electrons. The van der Waals surface area contributed by atoms with Gasteiger partial charge in [-0.05, 0) is 12.1 Å². The fourth-order valence-corrected chi connectivity index (χ4v) is 2.11. The molecular weight excluding hydrogens is 256 g/mol. The highest BCUT2D eigenvalue weighted by atomic mass is 35.5. The molecule has 2 heterocycles. The van der Waals surface area contributed by atoms with Gasteiger partial charge in [-0.15, -0.1) is 0 Å². The number of carbonyl (C=O) groups is 1. The zero-order valence-corrected chi connectivity index (χ0v) is 10.9. The van der Waals surface area contributed by atoms with E-state index in [1.54, 1.807) is 18.3 Å². The molecule has 0 saturated carbocycles. The standard InChI is InChI=1S/C12H15ClN2O3/c1-17-12(16)11-8-18-5-4-15(11)7-10-6-9(13)2-3-14-10/h2-3,6,11H,4-5,7-8H2,1H3. The molecule has 5 nitrogen and oxygen atoms in total. The Morgan fingerprint density at radius 1 is 1.72 bits per heavy atom. The highest BCUT2D eigenvalue weighted by Crippen LogP contribution is 2.14. The van der Waals surface area contributed by atoms with Crippen molar-refractivity contribution < 1.29 is 14.3 Å². The highest BCUT2D eigenvalue weighted by molar-refractivity contribution is 6.30. The molecule has 6 heteroatoms. The molecule has 1 atom stereocenters. The van der Waals surface area contributed by atoms with Crippen LogP contribution in [0.1, 0.15) is 5.69 Å². The van der Waals surface area contributed by atoms with Gasteiger partial charge in [-0.3, -0.25) is 14.7 Å². The summed E-state index contributed by atoms with van der Waals surface area (Å²) in [7, 11) is 1.38. The molecule has 2 rings (SSSR count). The predicted molar refractivity (Wildman–Crippen MR) is 66.3 cm³/mol. The van der Waals surface area contributed by atoms with Crippen LogP contribution in [0.15, 0.2) is 18.3 Å². The van der Waals surface area contributed by atoms with E-state index in [0.29, 0.717) is 31.3 Å². The minimum absolute atomic E-state index is 0.281. The van der Waals surface area contributed by atoms with Crippen molar-refractivity contribution in [3.63, 3.8) is 0 Å². The van der Waals surface area contributed by atoms with Gasteiger partial charge in [0.15, 0.2) is 0 Å². The predicted octanol–water partition coefficient (Wildman–Crippen LogP) is 1.11. The third-order valence-corrected chi connectivity index (χ3v) is 3.09. The SMILES string of the molecule is COC(=O)C1COCCN1Cc1cc(Cl)ccn1. The van der Waals surface area contributed by atoms with Gasteiger partial charge in [0.2, 0.25) is 0 Å². The number of hydrogen-bond acceptors (Lipinski definition) is 5. The fraction of sp³-hybridized carbons (Fsp3) is 0.500. The van der Waals surface area contributed by atoms with Gasteiger partial charge in [0.25, 0.3) is 0 Å². The number of aromatic nitrogens is 1. The van der Waals surface area contributed by atoms with Crippen LogP contribution in [-0.4, -0.2) is 48.8 Å². The van der Waals surface area contributed by atoms with Crippen LogP contribution in [0.5, 0.6) is 0 Å². The van der Waals surface area contributed by atoms with E-state index in [9.17, 15) is 4.79 Å². The summed E-state index contributed by atoms with van der Waals surface area (Å²) in [5.41, 5.74) is 0.832. The normalized spacial score (nSPS) is 20.7. The van der Waals surface area contributed by atoms with Crippen molar-refractivity contribution in [2.24, 2.45) is 0 Å². The van der Waals surface area contributed by atoms with Gasteiger partial charge in [0.1, 0.15) is 6.04 Å². The number of pyridine rings is 1. The van der Waals surface area contributed by atoms with Crippen LogP contribution >= 0.6 is 11.6 Å². The summed E-state index contributed by atoms with van der Waals surface area (Å²) in [6, 6.07) is 3.15. The van der Waals surface area contributed by atoms with Crippen molar-refractivity contribution >= 4 is 17.6 Å². The maximum atomic E-state index is 11.6. The van der Waals surface area contributed by atoms with Crippen LogP contribution in [0.3, 0.4) is 0 Å². The minimum atomic E-state index is -0.371. The molecule has 0 radical (unpaired) electrons. The number of carbonyl (C=O) groups excluding carboxylic acids is 1. The minimum Gasteiger partial charge on any atom is -0.468 e. The van der Waals surface area contributed by atoms with Crippen LogP contribution in [0.4, 0.5) is 0 Å². The van der Waals surface area contributed by atoms with Crippen molar-refractivity contribution in [1.29, 1.82) is 0 Å². The Labute approximate surface area is 111 Å². The number of esters is 1. The molecule has 0 amide bonds. The molecule has 0 spiro atoms. The molecule has 0 N–H and O–H groups in total. The first kappa shape index (κ1) is 13.3. The van der Waals surface area contributed by atoms with Crippen LogP contribution in [0.2, 0.25) is 5.02 Å². The number of rotatable bonds is 3. The summed E-state index contributed by atoms with van der Waals surface area (Å²) in [5, 5.41) is 0.642. The van der Waals surface area contributed by atoms with Crippen molar-refractivity contribution in [2.45, 2.75) is 12.6 Å². The van der Waals surface area contributed by atoms with Gasteiger partial charge in [0, 0.05) is 24.3 Å². The van der Waals surface area contributed by atoms with E-state index in [2.05, 4.69) is 4.98 Å². The molecule has 1 aliphatic heterocycles. The van der Waals surface area contributed by atoms with E-state index in [4.69, 9.17) is 21.1 Å². The molecule has 18 heavy (non-hydrogen) atoms. The molecule has 1 aromatic rings. The summed E-state index contributed by atoms with van der Waals surface area (Å²) < 4.78 is 10.1. The zero-order valence-electron chi connectivity index (χ0n) is 10.1. The number of morpholine rings is 1. The molecule has 1 aliphatic rings. The van der Waals surface area contributed by atoms with Gasteiger partial charge in [-0.2, -0.15) is 0 Å². The molecule has 1 fully saturated rings. The van der Waals surface area contributed by atoms with Gasteiger partial charge < -0.3 is 9.47 Å². The first-order chi connectivity index (χ1) is 8.70. The van der Waals surface area contributed by atoms with Gasteiger partial charge >= 0.3 is 5.97 Å². The molecule has 1 aromatic heterocycles. The number of halogens is 1. The summed E-state index contributed by atoms with van der Waals surface area (Å²) >= 11 is 5.91. The maximum Gasteiger partial charge on any atom is 0.325 e. The summed E-state index contributed by atoms with van der Waals surface area (Å²) in [6.45, 7) is 2.19. The molecule has 1 unspecified atom stereocenters. The first-order valence-corrected chi connectivity index (χ1v) is 6.08. The molecule has 0 aliphatic carbocycles. The summed E-state index contributed by atoms with van der Waals surface area (Å²) in [4.78, 5) is 17.9. The van der Waals surface area contributed by atoms with Crippen LogP contribution < -0.4 is 0 Å². The van der Waals surface area contributed by atoms with E-state index in [0.717, 1.165) is 5.69 Å². The van der Waals surface area contributed by atoms with E-state index >= 15 is 0 Å². The van der Waals surface area contributed by atoms with E-state index in [1.807, 2.05) is 4.90 Å². The lowest BCUT2D eigenvalue weighted by atomic mass is 10.2. The second-order valence-corrected chi connectivity index (χ2v) is 4.49. The Hall–Kier alpha value is -1.17. The van der Waals surface area contributed by atoms with Crippen LogP contribution in [0, 0.1) is 0 Å². The average Bonchev–Trinajstić information content (AvgIpc) is 2.38. The van der Waals surface area contributed by atoms with Crippen LogP contribution in [-0.2, 0) is 20.8 Å². The Morgan fingerprint density at radius 2 is 2.56 bits per heavy atom. The zero-order chi connectivity index (χ0) is 13.0. The van der Waals surface area contributed by atoms with Crippen molar-refractivity contribution in [1.82, 2.24) is 9.88 Å². The lowest BCUT2D eigenvalue weighted by Crippen LogP contribution is -2.49. The molecule has 0 bridgehead atoms. The van der Waals surface area contributed by atoms with E-state index in [1.165, 1.54) is 7.11 Å². The number of methoxy groups -OCH3 is 1. The van der Waals surface area contributed by atoms with Gasteiger partial charge in [-0.25, -0.2) is 0 Å². The Morgan fingerprint density at radius 3 is 3.28 bits per heavy atom. The largest absolute Gasteiger partial charge is 0.468 e. The molecular formula is C12H15ClN2O3. The lowest BCUT2D eigenvalue weighted by Gasteiger charge is -2.33.